The number of hydrogen-bond acceptors (Lipinski definition) is 8. The molecule has 2 aromatic heterocycles. The molecular weight excluding hydrogens is 677 g/mol. The summed E-state index contributed by atoms with van der Waals surface area (Å²) in [7, 11) is 1.60. The van der Waals surface area contributed by atoms with Crippen LogP contribution in [0.1, 0.15) is 55.2 Å². The van der Waals surface area contributed by atoms with Gasteiger partial charge in [-0.25, -0.2) is 9.37 Å². The van der Waals surface area contributed by atoms with Crippen molar-refractivity contribution in [2.24, 2.45) is 17.4 Å². The topological polar surface area (TPSA) is 159 Å². The molecule has 1 aliphatic heterocycles. The van der Waals surface area contributed by atoms with Gasteiger partial charge < -0.3 is 32.0 Å². The van der Waals surface area contributed by atoms with Gasteiger partial charge in [-0.05, 0) is 74.2 Å². The Bertz CT molecular complexity index is 1800. The van der Waals surface area contributed by atoms with E-state index in [0.717, 1.165) is 22.0 Å². The Morgan fingerprint density at radius 1 is 1.00 bits per heavy atom. The van der Waals surface area contributed by atoms with E-state index in [9.17, 15) is 14.4 Å². The maximum atomic E-state index is 15.5. The van der Waals surface area contributed by atoms with Gasteiger partial charge in [0.15, 0.2) is 5.78 Å². The standard InChI is InChI=1S/C37H45ClFN7O3S/c1-46-32(18-25-21-43-30-11-3-2-10-26(25)30)35(48)45-22-27-29(39)14-13-28(38)34(27)50-36-24(9-7-17-42-36)20-44-31(12-6-16-41)33(47)19-23(37(46)49)8-4-5-15-40/h2-3,7,9-11,13-14,17,21,23,31-32,43-44H,4-6,8,12,15-16,18-20,22,40-41H2,1H3,(H,45,48)/t23-,31+,32+/m1/s1. The van der Waals surface area contributed by atoms with E-state index in [2.05, 4.69) is 20.6 Å². The minimum absolute atomic E-state index is 0.00167. The zero-order valence-electron chi connectivity index (χ0n) is 28.2. The number of benzene rings is 2. The number of halogens is 2. The molecule has 0 saturated carbocycles. The molecule has 3 heterocycles. The van der Waals surface area contributed by atoms with Gasteiger partial charge in [0, 0.05) is 72.7 Å². The van der Waals surface area contributed by atoms with Crippen LogP contribution in [-0.4, -0.2) is 64.7 Å². The lowest BCUT2D eigenvalue weighted by Gasteiger charge is -2.31. The number of carbonyl (C=O) groups is 3. The Morgan fingerprint density at radius 2 is 1.80 bits per heavy atom. The van der Waals surface area contributed by atoms with Crippen LogP contribution in [0.3, 0.4) is 0 Å². The largest absolute Gasteiger partial charge is 0.361 e. The van der Waals surface area contributed by atoms with E-state index in [1.807, 2.05) is 36.5 Å². The fourth-order valence-corrected chi connectivity index (χ4v) is 7.74. The van der Waals surface area contributed by atoms with E-state index >= 15 is 4.39 Å². The first-order valence-electron chi connectivity index (χ1n) is 17.1. The van der Waals surface area contributed by atoms with Crippen LogP contribution in [0.15, 0.2) is 70.8 Å². The Hall–Kier alpha value is -3.81. The average molecular weight is 722 g/mol. The van der Waals surface area contributed by atoms with E-state index in [1.165, 1.54) is 28.8 Å². The fraction of sp³-hybridized carbons (Fsp3) is 0.405. The quantitative estimate of drug-likeness (QED) is 0.149. The van der Waals surface area contributed by atoms with Gasteiger partial charge in [-0.2, -0.15) is 0 Å². The second-order valence-corrected chi connectivity index (χ2v) is 14.1. The highest BCUT2D eigenvalue weighted by molar-refractivity contribution is 7.99. The highest BCUT2D eigenvalue weighted by atomic mass is 35.5. The molecular formula is C37H45ClFN7O3S. The number of para-hydroxylation sites is 1. The molecule has 266 valence electrons. The molecule has 7 N–H and O–H groups in total. The molecule has 0 saturated heterocycles. The highest BCUT2D eigenvalue weighted by Crippen LogP contribution is 2.38. The van der Waals surface area contributed by atoms with Crippen LogP contribution in [0.2, 0.25) is 5.02 Å². The van der Waals surface area contributed by atoms with Crippen LogP contribution in [0.4, 0.5) is 4.39 Å². The SMILES string of the molecule is CN1C(=O)[C@H](CCCCN)CC(=O)[C@H](CCCN)NCc2cccnc2Sc2c(Cl)ccc(F)c2CNC(=O)[C@@H]1Cc1c[nH]c2ccccc12. The molecule has 2 aromatic carbocycles. The van der Waals surface area contributed by atoms with E-state index in [4.69, 9.17) is 23.1 Å². The summed E-state index contributed by atoms with van der Waals surface area (Å²) in [6.45, 7) is 1.01. The minimum Gasteiger partial charge on any atom is -0.361 e. The lowest BCUT2D eigenvalue weighted by Crippen LogP contribution is -2.51. The first-order chi connectivity index (χ1) is 24.2. The Kier molecular flexibility index (Phi) is 13.4. The molecule has 0 aliphatic carbocycles. The van der Waals surface area contributed by atoms with Crippen molar-refractivity contribution in [1.29, 1.82) is 0 Å². The summed E-state index contributed by atoms with van der Waals surface area (Å²) in [4.78, 5) is 52.3. The van der Waals surface area contributed by atoms with Gasteiger partial charge in [-0.3, -0.25) is 14.4 Å². The van der Waals surface area contributed by atoms with Crippen molar-refractivity contribution in [3.05, 3.63) is 88.5 Å². The third-order valence-corrected chi connectivity index (χ3v) is 10.9. The van der Waals surface area contributed by atoms with Crippen LogP contribution < -0.4 is 22.1 Å². The second-order valence-electron chi connectivity index (χ2n) is 12.7. The van der Waals surface area contributed by atoms with Crippen molar-refractivity contribution in [1.82, 2.24) is 25.5 Å². The average Bonchev–Trinajstić information content (AvgIpc) is 3.53. The van der Waals surface area contributed by atoms with E-state index in [1.54, 1.807) is 19.3 Å². The molecule has 13 heteroatoms. The van der Waals surface area contributed by atoms with Crippen molar-refractivity contribution in [2.75, 3.05) is 20.1 Å². The summed E-state index contributed by atoms with van der Waals surface area (Å²) in [6.07, 6.45) is 6.57. The van der Waals surface area contributed by atoms with E-state index in [0.29, 0.717) is 66.7 Å². The zero-order valence-corrected chi connectivity index (χ0v) is 29.8. The highest BCUT2D eigenvalue weighted by Gasteiger charge is 2.34. The van der Waals surface area contributed by atoms with Crippen molar-refractivity contribution in [3.63, 3.8) is 0 Å². The monoisotopic (exact) mass is 721 g/mol. The van der Waals surface area contributed by atoms with Gasteiger partial charge in [-0.1, -0.05) is 54.0 Å². The molecule has 2 amide bonds. The number of Topliss-reactive ketones (excluding diaryl/α,β-unsaturated/α-hetero) is 1. The van der Waals surface area contributed by atoms with Crippen molar-refractivity contribution >= 4 is 51.9 Å². The van der Waals surface area contributed by atoms with Crippen LogP contribution in [0, 0.1) is 11.7 Å². The fourth-order valence-electron chi connectivity index (χ4n) is 6.41. The number of amides is 2. The predicted molar refractivity (Wildman–Crippen MR) is 195 cm³/mol. The first kappa shape index (κ1) is 37.4. The summed E-state index contributed by atoms with van der Waals surface area (Å²) in [5.41, 5.74) is 14.4. The van der Waals surface area contributed by atoms with Gasteiger partial charge in [0.2, 0.25) is 11.8 Å². The molecule has 0 unspecified atom stereocenters. The number of nitrogens with one attached hydrogen (secondary N) is 3. The van der Waals surface area contributed by atoms with Crippen LogP contribution in [-0.2, 0) is 33.9 Å². The zero-order chi connectivity index (χ0) is 35.6. The van der Waals surface area contributed by atoms with Gasteiger partial charge in [0.1, 0.15) is 16.9 Å². The number of fused-ring (bicyclic) bond motifs is 3. The number of H-pyrrole nitrogens is 1. The van der Waals surface area contributed by atoms with Crippen molar-refractivity contribution < 1.29 is 18.8 Å². The third-order valence-electron chi connectivity index (χ3n) is 9.28. The summed E-state index contributed by atoms with van der Waals surface area (Å²) in [6, 6.07) is 12.6. The number of pyridine rings is 1. The Labute approximate surface area is 301 Å². The molecule has 0 spiro atoms. The van der Waals surface area contributed by atoms with Crippen LogP contribution in [0.25, 0.3) is 10.9 Å². The lowest BCUT2D eigenvalue weighted by molar-refractivity contribution is -0.143. The number of hydrogen-bond donors (Lipinski definition) is 5. The molecule has 4 aromatic rings. The Morgan fingerprint density at radius 3 is 2.60 bits per heavy atom. The maximum Gasteiger partial charge on any atom is 0.243 e. The predicted octanol–water partition coefficient (Wildman–Crippen LogP) is 5.11. The molecule has 0 bridgehead atoms. The second kappa shape index (κ2) is 17.9. The van der Waals surface area contributed by atoms with Crippen molar-refractivity contribution in [3.8, 4) is 0 Å². The van der Waals surface area contributed by atoms with E-state index < -0.39 is 29.7 Å². The number of rotatable bonds is 9. The summed E-state index contributed by atoms with van der Waals surface area (Å²) < 4.78 is 15.5. The molecule has 0 fully saturated rings. The smallest absolute Gasteiger partial charge is 0.243 e. The normalized spacial score (nSPS) is 19.6. The Balaban J connectivity index is 1.58. The van der Waals surface area contributed by atoms with Gasteiger partial charge in [-0.15, -0.1) is 0 Å². The molecule has 1 aliphatic rings. The lowest BCUT2D eigenvalue weighted by atomic mass is 9.90. The van der Waals surface area contributed by atoms with E-state index in [-0.39, 0.29) is 36.6 Å². The molecule has 5 rings (SSSR count). The number of carbonyl (C=O) groups excluding carboxylic acids is 3. The number of ketones is 1. The number of aromatic amines is 1. The minimum atomic E-state index is -0.962. The third kappa shape index (κ3) is 9.10. The summed E-state index contributed by atoms with van der Waals surface area (Å²) in [5.74, 6) is -2.07. The van der Waals surface area contributed by atoms with Crippen LogP contribution >= 0.6 is 23.4 Å². The van der Waals surface area contributed by atoms with Crippen molar-refractivity contribution in [2.45, 2.75) is 80.0 Å². The number of likely N-dealkylation sites (N-methyl/N-ethyl adjacent to an activating group) is 1. The van der Waals surface area contributed by atoms with Crippen LogP contribution in [0.5, 0.6) is 0 Å². The maximum absolute atomic E-state index is 15.5. The first-order valence-corrected chi connectivity index (χ1v) is 18.3. The van der Waals surface area contributed by atoms with Gasteiger partial charge in [0.25, 0.3) is 0 Å². The molecule has 10 nitrogen and oxygen atoms in total. The molecule has 0 radical (unpaired) electrons. The molecule has 50 heavy (non-hydrogen) atoms. The summed E-state index contributed by atoms with van der Waals surface area (Å²) in [5, 5.41) is 8.13. The number of nitrogens with two attached hydrogens (primary N) is 2. The number of unbranched alkanes of at least 4 members (excludes halogenated alkanes) is 1. The molecule has 3 atom stereocenters. The summed E-state index contributed by atoms with van der Waals surface area (Å²) >= 11 is 7.87. The number of nitrogens with zero attached hydrogens (tertiary/aromatic N) is 2. The van der Waals surface area contributed by atoms with Gasteiger partial charge in [0.05, 0.1) is 11.1 Å². The number of aromatic nitrogens is 2. The van der Waals surface area contributed by atoms with Gasteiger partial charge >= 0.3 is 0 Å².